The van der Waals surface area contributed by atoms with Crippen LogP contribution in [0.15, 0.2) is 6.07 Å². The molecule has 0 spiro atoms. The van der Waals surface area contributed by atoms with Gasteiger partial charge in [-0.2, -0.15) is 0 Å². The molecule has 2 bridgehead atoms. The monoisotopic (exact) mass is 286 g/mol. The van der Waals surface area contributed by atoms with Crippen molar-refractivity contribution in [1.82, 2.24) is 4.98 Å². The summed E-state index contributed by atoms with van der Waals surface area (Å²) in [6.07, 6.45) is 8.50. The van der Waals surface area contributed by atoms with Crippen LogP contribution in [0.3, 0.4) is 0 Å². The largest absolute Gasteiger partial charge is 0.478 e. The first kappa shape index (κ1) is 13.1. The Balaban J connectivity index is 1.52. The van der Waals surface area contributed by atoms with Gasteiger partial charge in [0.25, 0.3) is 0 Å². The predicted octanol–water partition coefficient (Wildman–Crippen LogP) is 3.12. The number of carboxylic acid groups (broad SMARTS) is 1. The third-order valence-corrected chi connectivity index (χ3v) is 5.70. The van der Waals surface area contributed by atoms with Crippen LogP contribution in [-0.4, -0.2) is 22.6 Å². The molecule has 3 aliphatic carbocycles. The van der Waals surface area contributed by atoms with Gasteiger partial charge in [-0.3, -0.25) is 0 Å². The average molecular weight is 286 g/mol. The number of hydrogen-bond donors (Lipinski definition) is 2. The fraction of sp³-hybridized carbons (Fsp3) is 0.647. The fourth-order valence-corrected chi connectivity index (χ4v) is 4.62. The first-order chi connectivity index (χ1) is 10.2. The maximum atomic E-state index is 11.5. The Hall–Kier alpha value is -1.58. The number of hydrogen-bond acceptors (Lipinski definition) is 3. The SMILES string of the molecule is O=C(O)c1cc2c(nc1NCC1CC3CCC1C3)CCC2. The van der Waals surface area contributed by atoms with Gasteiger partial charge >= 0.3 is 5.97 Å². The van der Waals surface area contributed by atoms with Gasteiger partial charge in [-0.15, -0.1) is 0 Å². The molecule has 4 heteroatoms. The Morgan fingerprint density at radius 3 is 2.95 bits per heavy atom. The summed E-state index contributed by atoms with van der Waals surface area (Å²) in [5, 5.41) is 12.8. The van der Waals surface area contributed by atoms with E-state index in [1.807, 2.05) is 6.07 Å². The molecule has 3 atom stereocenters. The van der Waals surface area contributed by atoms with Crippen molar-refractivity contribution in [1.29, 1.82) is 0 Å². The first-order valence-electron chi connectivity index (χ1n) is 8.20. The molecule has 1 aromatic heterocycles. The summed E-state index contributed by atoms with van der Waals surface area (Å²) in [7, 11) is 0. The number of rotatable bonds is 4. The van der Waals surface area contributed by atoms with Crippen molar-refractivity contribution in [2.24, 2.45) is 17.8 Å². The van der Waals surface area contributed by atoms with Crippen LogP contribution in [0.2, 0.25) is 0 Å². The van der Waals surface area contributed by atoms with E-state index in [0.717, 1.165) is 48.9 Å². The maximum absolute atomic E-state index is 11.5. The van der Waals surface area contributed by atoms with Gasteiger partial charge in [0.1, 0.15) is 11.4 Å². The summed E-state index contributed by atoms with van der Waals surface area (Å²) in [5.74, 6) is 2.21. The van der Waals surface area contributed by atoms with Gasteiger partial charge in [-0.05, 0) is 67.9 Å². The van der Waals surface area contributed by atoms with E-state index in [4.69, 9.17) is 0 Å². The van der Waals surface area contributed by atoms with E-state index in [1.165, 1.54) is 25.7 Å². The minimum Gasteiger partial charge on any atom is -0.478 e. The minimum atomic E-state index is -0.868. The molecule has 4 rings (SSSR count). The molecule has 0 aromatic carbocycles. The number of fused-ring (bicyclic) bond motifs is 3. The number of nitrogens with one attached hydrogen (secondary N) is 1. The standard InChI is InChI=1S/C17H22N2O2/c20-17(21)14-8-12-2-1-3-15(12)19-16(14)18-9-13-7-10-4-5-11(13)6-10/h8,10-11,13H,1-7,9H2,(H,18,19)(H,20,21). The van der Waals surface area contributed by atoms with Gasteiger partial charge in [-0.25, -0.2) is 9.78 Å². The molecule has 21 heavy (non-hydrogen) atoms. The summed E-state index contributed by atoms with van der Waals surface area (Å²) >= 11 is 0. The van der Waals surface area contributed by atoms with Gasteiger partial charge in [0.15, 0.2) is 0 Å². The molecule has 0 saturated heterocycles. The second-order valence-corrected chi connectivity index (χ2v) is 6.96. The summed E-state index contributed by atoms with van der Waals surface area (Å²) in [6, 6.07) is 1.83. The highest BCUT2D eigenvalue weighted by molar-refractivity contribution is 5.93. The lowest BCUT2D eigenvalue weighted by atomic mass is 9.89. The highest BCUT2D eigenvalue weighted by Gasteiger charge is 2.39. The van der Waals surface area contributed by atoms with Gasteiger partial charge in [0, 0.05) is 12.2 Å². The maximum Gasteiger partial charge on any atom is 0.339 e. The normalized spacial score (nSPS) is 29.6. The van der Waals surface area contributed by atoms with E-state index in [1.54, 1.807) is 0 Å². The summed E-state index contributed by atoms with van der Waals surface area (Å²) in [6.45, 7) is 0.882. The Morgan fingerprint density at radius 1 is 1.33 bits per heavy atom. The predicted molar refractivity (Wildman–Crippen MR) is 80.6 cm³/mol. The number of pyridine rings is 1. The van der Waals surface area contributed by atoms with Crippen molar-refractivity contribution < 1.29 is 9.90 Å². The van der Waals surface area contributed by atoms with Gasteiger partial charge in [0.2, 0.25) is 0 Å². The van der Waals surface area contributed by atoms with Crippen LogP contribution in [0.4, 0.5) is 5.82 Å². The molecular weight excluding hydrogens is 264 g/mol. The number of aromatic carboxylic acids is 1. The zero-order chi connectivity index (χ0) is 14.4. The molecule has 2 fully saturated rings. The third-order valence-electron chi connectivity index (χ3n) is 5.70. The van der Waals surface area contributed by atoms with Crippen molar-refractivity contribution in [2.45, 2.75) is 44.9 Å². The third kappa shape index (κ3) is 2.30. The summed E-state index contributed by atoms with van der Waals surface area (Å²) in [5.41, 5.74) is 2.56. The van der Waals surface area contributed by atoms with Crippen molar-refractivity contribution in [2.75, 3.05) is 11.9 Å². The van der Waals surface area contributed by atoms with E-state index in [0.29, 0.717) is 17.3 Å². The fourth-order valence-electron chi connectivity index (χ4n) is 4.62. The second-order valence-electron chi connectivity index (χ2n) is 6.96. The molecule has 1 aromatic rings. The zero-order valence-electron chi connectivity index (χ0n) is 12.3. The minimum absolute atomic E-state index is 0.346. The van der Waals surface area contributed by atoms with E-state index in [9.17, 15) is 9.90 Å². The van der Waals surface area contributed by atoms with Gasteiger partial charge in [-0.1, -0.05) is 6.42 Å². The lowest BCUT2D eigenvalue weighted by Crippen LogP contribution is -2.22. The number of nitrogens with zero attached hydrogens (tertiary/aromatic N) is 1. The van der Waals surface area contributed by atoms with E-state index in [-0.39, 0.29) is 0 Å². The lowest BCUT2D eigenvalue weighted by Gasteiger charge is -2.22. The van der Waals surface area contributed by atoms with Gasteiger partial charge < -0.3 is 10.4 Å². The smallest absolute Gasteiger partial charge is 0.339 e. The molecule has 3 unspecified atom stereocenters. The van der Waals surface area contributed by atoms with Crippen LogP contribution in [0, 0.1) is 17.8 Å². The first-order valence-corrected chi connectivity index (χ1v) is 8.20. The summed E-state index contributed by atoms with van der Waals surface area (Å²) in [4.78, 5) is 16.1. The Morgan fingerprint density at radius 2 is 2.24 bits per heavy atom. The number of aryl methyl sites for hydroxylation is 2. The van der Waals surface area contributed by atoms with Crippen molar-refractivity contribution in [3.8, 4) is 0 Å². The van der Waals surface area contributed by atoms with E-state index in [2.05, 4.69) is 10.3 Å². The summed E-state index contributed by atoms with van der Waals surface area (Å²) < 4.78 is 0. The molecule has 112 valence electrons. The van der Waals surface area contributed by atoms with Crippen molar-refractivity contribution in [3.05, 3.63) is 22.9 Å². The number of aromatic nitrogens is 1. The van der Waals surface area contributed by atoms with Crippen LogP contribution in [0.25, 0.3) is 0 Å². The molecule has 0 aliphatic heterocycles. The van der Waals surface area contributed by atoms with E-state index < -0.39 is 5.97 Å². The van der Waals surface area contributed by atoms with Gasteiger partial charge in [0.05, 0.1) is 0 Å². The molecule has 2 saturated carbocycles. The van der Waals surface area contributed by atoms with Crippen LogP contribution in [-0.2, 0) is 12.8 Å². The molecule has 1 heterocycles. The van der Waals surface area contributed by atoms with Crippen LogP contribution >= 0.6 is 0 Å². The number of anilines is 1. The quantitative estimate of drug-likeness (QED) is 0.892. The van der Waals surface area contributed by atoms with Crippen molar-refractivity contribution in [3.63, 3.8) is 0 Å². The van der Waals surface area contributed by atoms with Crippen LogP contribution < -0.4 is 5.32 Å². The Bertz CT molecular complexity index is 584. The molecule has 0 amide bonds. The molecule has 3 aliphatic rings. The second kappa shape index (κ2) is 5.00. The Labute approximate surface area is 125 Å². The van der Waals surface area contributed by atoms with Crippen LogP contribution in [0.1, 0.15) is 53.7 Å². The molecule has 2 N–H and O–H groups in total. The van der Waals surface area contributed by atoms with E-state index >= 15 is 0 Å². The lowest BCUT2D eigenvalue weighted by molar-refractivity contribution is 0.0697. The molecule has 4 nitrogen and oxygen atoms in total. The topological polar surface area (TPSA) is 62.2 Å². The average Bonchev–Trinajstić information content (AvgIpc) is 3.19. The highest BCUT2D eigenvalue weighted by atomic mass is 16.4. The highest BCUT2D eigenvalue weighted by Crippen LogP contribution is 2.48. The molecular formula is C17H22N2O2. The van der Waals surface area contributed by atoms with Crippen molar-refractivity contribution >= 4 is 11.8 Å². The molecule has 0 radical (unpaired) electrons. The van der Waals surface area contributed by atoms with Crippen LogP contribution in [0.5, 0.6) is 0 Å². The number of carbonyl (C=O) groups is 1. The zero-order valence-corrected chi connectivity index (χ0v) is 12.3. The Kier molecular flexibility index (Phi) is 3.12. The number of carboxylic acids is 1.